The van der Waals surface area contributed by atoms with Crippen LogP contribution in [0.5, 0.6) is 0 Å². The van der Waals surface area contributed by atoms with E-state index in [0.717, 1.165) is 51.4 Å². The molecule has 1 saturated heterocycles. The largest absolute Gasteiger partial charge is 0.480 e. The SMILES string of the molecule is CCCCCCCCCCCC(CC1OC(=O)C1CCCCCC)C(C(C)C)C(N)(C=O)C(=O)O. The molecular weight excluding hydrogens is 442 g/mol. The third-order valence-corrected chi connectivity index (χ3v) is 7.94. The summed E-state index contributed by atoms with van der Waals surface area (Å²) in [5, 5.41) is 9.86. The smallest absolute Gasteiger partial charge is 0.331 e. The first-order valence-corrected chi connectivity index (χ1v) is 14.4. The molecule has 1 aliphatic heterocycles. The lowest BCUT2D eigenvalue weighted by atomic mass is 9.66. The Morgan fingerprint density at radius 1 is 0.971 bits per heavy atom. The molecule has 5 atom stereocenters. The van der Waals surface area contributed by atoms with E-state index in [9.17, 15) is 19.5 Å². The van der Waals surface area contributed by atoms with Crippen LogP contribution in [0.4, 0.5) is 0 Å². The fourth-order valence-electron chi connectivity index (χ4n) is 5.92. The molecule has 5 unspecified atom stereocenters. The monoisotopic (exact) mass is 495 g/mol. The molecule has 35 heavy (non-hydrogen) atoms. The van der Waals surface area contributed by atoms with Gasteiger partial charge in [-0.2, -0.15) is 0 Å². The second-order valence-corrected chi connectivity index (χ2v) is 11.2. The van der Waals surface area contributed by atoms with E-state index in [0.29, 0.717) is 12.7 Å². The third-order valence-electron chi connectivity index (χ3n) is 7.94. The number of nitrogens with two attached hydrogens (primary N) is 1. The van der Waals surface area contributed by atoms with Crippen LogP contribution in [-0.4, -0.2) is 35.0 Å². The molecule has 0 saturated carbocycles. The summed E-state index contributed by atoms with van der Waals surface area (Å²) in [5.41, 5.74) is 4.30. The summed E-state index contributed by atoms with van der Waals surface area (Å²) < 4.78 is 5.55. The van der Waals surface area contributed by atoms with Crippen molar-refractivity contribution in [3.8, 4) is 0 Å². The van der Waals surface area contributed by atoms with Gasteiger partial charge in [0.25, 0.3) is 0 Å². The topological polar surface area (TPSA) is 107 Å². The lowest BCUT2D eigenvalue weighted by molar-refractivity contribution is -0.189. The quantitative estimate of drug-likeness (QED) is 0.0751. The first-order valence-electron chi connectivity index (χ1n) is 14.4. The second kappa shape index (κ2) is 17.1. The van der Waals surface area contributed by atoms with Gasteiger partial charge in [0.15, 0.2) is 11.8 Å². The average Bonchev–Trinajstić information content (AvgIpc) is 2.81. The number of carboxylic acid groups (broad SMARTS) is 1. The zero-order valence-electron chi connectivity index (χ0n) is 22.9. The van der Waals surface area contributed by atoms with Crippen molar-refractivity contribution in [3.63, 3.8) is 0 Å². The summed E-state index contributed by atoms with van der Waals surface area (Å²) in [5.74, 6) is -2.19. The maximum atomic E-state index is 12.2. The highest BCUT2D eigenvalue weighted by Crippen LogP contribution is 2.41. The molecule has 1 aliphatic rings. The molecule has 1 rings (SSSR count). The molecule has 0 bridgehead atoms. The van der Waals surface area contributed by atoms with Crippen LogP contribution in [-0.2, 0) is 19.1 Å². The predicted molar refractivity (Wildman–Crippen MR) is 141 cm³/mol. The number of rotatable bonds is 22. The minimum Gasteiger partial charge on any atom is -0.480 e. The Morgan fingerprint density at radius 2 is 1.49 bits per heavy atom. The number of esters is 1. The maximum absolute atomic E-state index is 12.2. The van der Waals surface area contributed by atoms with Crippen LogP contribution in [0.3, 0.4) is 0 Å². The lowest BCUT2D eigenvalue weighted by Gasteiger charge is -2.43. The molecule has 0 aromatic carbocycles. The number of hydrogen-bond donors (Lipinski definition) is 2. The number of hydrogen-bond acceptors (Lipinski definition) is 5. The van der Waals surface area contributed by atoms with Crippen molar-refractivity contribution in [2.75, 3.05) is 0 Å². The van der Waals surface area contributed by atoms with Crippen LogP contribution >= 0.6 is 0 Å². The molecule has 3 N–H and O–H groups in total. The molecule has 1 fully saturated rings. The van der Waals surface area contributed by atoms with Gasteiger partial charge in [-0.3, -0.25) is 4.79 Å². The highest BCUT2D eigenvalue weighted by molar-refractivity contribution is 5.97. The summed E-state index contributed by atoms with van der Waals surface area (Å²) in [6.07, 6.45) is 17.8. The van der Waals surface area contributed by atoms with E-state index in [1.165, 1.54) is 44.9 Å². The van der Waals surface area contributed by atoms with Gasteiger partial charge in [-0.1, -0.05) is 111 Å². The van der Waals surface area contributed by atoms with Crippen molar-refractivity contribution >= 4 is 18.2 Å². The van der Waals surface area contributed by atoms with E-state index in [1.54, 1.807) is 0 Å². The fourth-order valence-corrected chi connectivity index (χ4v) is 5.92. The number of carboxylic acids is 1. The molecular formula is C29H53NO5. The van der Waals surface area contributed by atoms with Gasteiger partial charge in [0.1, 0.15) is 6.10 Å². The first-order chi connectivity index (χ1) is 16.7. The Morgan fingerprint density at radius 3 is 1.94 bits per heavy atom. The number of cyclic esters (lactones) is 1. The highest BCUT2D eigenvalue weighted by Gasteiger charge is 2.50. The average molecular weight is 496 g/mol. The highest BCUT2D eigenvalue weighted by atomic mass is 16.6. The van der Waals surface area contributed by atoms with Gasteiger partial charge in [-0.25, -0.2) is 4.79 Å². The standard InChI is InChI=1S/C29H53NO5/c1-5-7-9-11-12-13-14-15-16-18-23(26(22(3)4)29(30,21-31)28(33)34)20-25-24(27(32)35-25)19-17-10-8-6-2/h21-26H,5-20,30H2,1-4H3,(H,33,34). The Labute approximate surface area is 214 Å². The zero-order chi connectivity index (χ0) is 26.3. The van der Waals surface area contributed by atoms with E-state index in [1.807, 2.05) is 13.8 Å². The van der Waals surface area contributed by atoms with Crippen LogP contribution in [0.25, 0.3) is 0 Å². The first kappa shape index (κ1) is 31.6. The van der Waals surface area contributed by atoms with E-state index in [-0.39, 0.29) is 29.8 Å². The summed E-state index contributed by atoms with van der Waals surface area (Å²) in [6, 6.07) is 0. The van der Waals surface area contributed by atoms with Crippen molar-refractivity contribution in [1.82, 2.24) is 0 Å². The summed E-state index contributed by atoms with van der Waals surface area (Å²) in [4.78, 5) is 36.2. The number of unbranched alkanes of at least 4 members (excludes halogenated alkanes) is 11. The van der Waals surface area contributed by atoms with Gasteiger partial charge >= 0.3 is 11.9 Å². The van der Waals surface area contributed by atoms with Gasteiger partial charge in [-0.15, -0.1) is 0 Å². The van der Waals surface area contributed by atoms with Gasteiger partial charge in [0.05, 0.1) is 5.92 Å². The Hall–Kier alpha value is -1.43. The molecule has 0 amide bonds. The molecule has 6 nitrogen and oxygen atoms in total. The Kier molecular flexibility index (Phi) is 15.4. The number of carbonyl (C=O) groups excluding carboxylic acids is 2. The Bertz CT molecular complexity index is 622. The number of carbonyl (C=O) groups is 3. The van der Waals surface area contributed by atoms with Gasteiger partial charge in [0.2, 0.25) is 0 Å². The second-order valence-electron chi connectivity index (χ2n) is 11.2. The van der Waals surface area contributed by atoms with Crippen molar-refractivity contribution in [3.05, 3.63) is 0 Å². The maximum Gasteiger partial charge on any atom is 0.331 e. The van der Waals surface area contributed by atoms with Crippen LogP contribution < -0.4 is 5.73 Å². The molecule has 0 aromatic rings. The van der Waals surface area contributed by atoms with Crippen LogP contribution in [0, 0.1) is 23.7 Å². The predicted octanol–water partition coefficient (Wildman–Crippen LogP) is 6.68. The Balaban J connectivity index is 2.80. The molecule has 1 heterocycles. The third kappa shape index (κ3) is 10.2. The van der Waals surface area contributed by atoms with Crippen LogP contribution in [0.15, 0.2) is 0 Å². The summed E-state index contributed by atoms with van der Waals surface area (Å²) in [6.45, 7) is 8.28. The minimum atomic E-state index is -1.93. The van der Waals surface area contributed by atoms with Crippen molar-refractivity contribution in [2.45, 2.75) is 142 Å². The van der Waals surface area contributed by atoms with E-state index in [2.05, 4.69) is 13.8 Å². The molecule has 0 aromatic heterocycles. The lowest BCUT2D eigenvalue weighted by Crippen LogP contribution is -2.60. The molecule has 0 aliphatic carbocycles. The molecule has 204 valence electrons. The molecule has 0 spiro atoms. The van der Waals surface area contributed by atoms with Crippen LogP contribution in [0.1, 0.15) is 130 Å². The minimum absolute atomic E-state index is 0.0800. The number of aldehydes is 1. The van der Waals surface area contributed by atoms with Gasteiger partial charge in [0, 0.05) is 0 Å². The van der Waals surface area contributed by atoms with E-state index < -0.39 is 17.4 Å². The molecule has 0 radical (unpaired) electrons. The number of aliphatic carboxylic acids is 1. The van der Waals surface area contributed by atoms with Crippen LogP contribution in [0.2, 0.25) is 0 Å². The van der Waals surface area contributed by atoms with E-state index in [4.69, 9.17) is 10.5 Å². The normalized spacial score (nSPS) is 21.1. The van der Waals surface area contributed by atoms with Crippen molar-refractivity contribution in [1.29, 1.82) is 0 Å². The van der Waals surface area contributed by atoms with Crippen molar-refractivity contribution < 1.29 is 24.2 Å². The number of ether oxygens (including phenoxy) is 1. The summed E-state index contributed by atoms with van der Waals surface area (Å²) in [7, 11) is 0. The van der Waals surface area contributed by atoms with Gasteiger partial charge in [-0.05, 0) is 37.0 Å². The zero-order valence-corrected chi connectivity index (χ0v) is 22.9. The molecule has 6 heteroatoms. The van der Waals surface area contributed by atoms with E-state index >= 15 is 0 Å². The summed E-state index contributed by atoms with van der Waals surface area (Å²) >= 11 is 0. The van der Waals surface area contributed by atoms with Gasteiger partial charge < -0.3 is 20.4 Å². The fraction of sp³-hybridized carbons (Fsp3) is 0.897. The van der Waals surface area contributed by atoms with Crippen molar-refractivity contribution in [2.24, 2.45) is 29.4 Å².